The first-order valence-corrected chi connectivity index (χ1v) is 9.74. The molecule has 0 amide bonds. The van der Waals surface area contributed by atoms with E-state index in [9.17, 15) is 4.79 Å². The molecule has 0 bridgehead atoms. The third-order valence-electron chi connectivity index (χ3n) is 3.17. The molecule has 0 radical (unpaired) electrons. The van der Waals surface area contributed by atoms with Crippen molar-refractivity contribution in [1.82, 2.24) is 4.72 Å². The van der Waals surface area contributed by atoms with Crippen LogP contribution in [-0.4, -0.2) is 24.7 Å². The van der Waals surface area contributed by atoms with Gasteiger partial charge in [-0.05, 0) is 48.6 Å². The Kier molecular flexibility index (Phi) is 5.72. The van der Waals surface area contributed by atoms with Crippen molar-refractivity contribution in [3.05, 3.63) is 30.0 Å². The summed E-state index contributed by atoms with van der Waals surface area (Å²) in [5, 5.41) is 0.875. The van der Waals surface area contributed by atoms with E-state index in [2.05, 4.69) is 4.72 Å². The monoisotopic (exact) mass is 339 g/mol. The van der Waals surface area contributed by atoms with E-state index in [-0.39, 0.29) is 27.4 Å². The molecule has 1 unspecified atom stereocenters. The molecule has 0 saturated heterocycles. The van der Waals surface area contributed by atoms with Crippen molar-refractivity contribution in [2.45, 2.75) is 26.9 Å². The van der Waals surface area contributed by atoms with Gasteiger partial charge in [0.2, 0.25) is 5.78 Å². The van der Waals surface area contributed by atoms with Gasteiger partial charge in [-0.15, -0.1) is 0 Å². The highest BCUT2D eigenvalue weighted by molar-refractivity contribution is 8.27. The Balaban J connectivity index is 2.13. The molecule has 1 aromatic heterocycles. The summed E-state index contributed by atoms with van der Waals surface area (Å²) in [6.07, 6.45) is 1.96. The van der Waals surface area contributed by atoms with E-state index in [1.165, 1.54) is 0 Å². The van der Waals surface area contributed by atoms with Crippen molar-refractivity contribution in [2.75, 3.05) is 12.8 Å². The van der Waals surface area contributed by atoms with Crippen molar-refractivity contribution in [2.24, 2.45) is 5.92 Å². The molecule has 0 spiro atoms. The molecule has 0 aliphatic heterocycles. The molecule has 0 fully saturated rings. The van der Waals surface area contributed by atoms with Gasteiger partial charge in [0.05, 0.1) is 0 Å². The van der Waals surface area contributed by atoms with Crippen LogP contribution >= 0.6 is 0 Å². The summed E-state index contributed by atoms with van der Waals surface area (Å²) in [5.41, 5.74) is 0.697. The number of furan rings is 1. The van der Waals surface area contributed by atoms with E-state index in [0.717, 1.165) is 11.1 Å². The number of ether oxygens (including phenoxy) is 1. The Bertz CT molecular complexity index is 694. The molecule has 1 N–H and O–H groups in total. The molecular weight excluding hydrogens is 318 g/mol. The summed E-state index contributed by atoms with van der Waals surface area (Å²) >= 11 is 5.09. The van der Waals surface area contributed by atoms with Crippen LogP contribution in [-0.2, 0) is 20.8 Å². The summed E-state index contributed by atoms with van der Waals surface area (Å²) in [6, 6.07) is 7.36. The molecule has 2 atom stereocenters. The Hall–Kier alpha value is -1.24. The molecule has 0 saturated carbocycles. The smallest absolute Gasteiger partial charge is 0.200 e. The fourth-order valence-corrected chi connectivity index (χ4v) is 2.68. The fourth-order valence-electron chi connectivity index (χ4n) is 2.01. The van der Waals surface area contributed by atoms with Gasteiger partial charge < -0.3 is 9.15 Å². The lowest BCUT2D eigenvalue weighted by molar-refractivity contribution is 0.0913. The number of fused-ring (bicyclic) bond motifs is 1. The number of carbonyl (C=O) groups is 1. The largest absolute Gasteiger partial charge is 0.489 e. The number of carbonyl (C=O) groups excluding carboxylic acids is 1. The second-order valence-corrected chi connectivity index (χ2v) is 8.26. The minimum atomic E-state index is -0.222. The van der Waals surface area contributed by atoms with Gasteiger partial charge in [-0.3, -0.25) is 9.52 Å². The Labute approximate surface area is 137 Å². The zero-order chi connectivity index (χ0) is 16.3. The van der Waals surface area contributed by atoms with E-state index in [4.69, 9.17) is 20.3 Å². The number of Topliss-reactive ketones (excluding diaryl/α,β-unsaturated/α-hetero) is 1. The van der Waals surface area contributed by atoms with E-state index < -0.39 is 0 Å². The fraction of sp³-hybridized carbons (Fsp3) is 0.438. The summed E-state index contributed by atoms with van der Waals surface area (Å²) in [6.45, 7) is 6.41. The van der Waals surface area contributed by atoms with Gasteiger partial charge in [0.25, 0.3) is 0 Å². The number of hydrogen-bond acceptors (Lipinski definition) is 4. The normalized spacial score (nSPS) is 14.2. The van der Waals surface area contributed by atoms with Crippen LogP contribution < -0.4 is 9.46 Å². The van der Waals surface area contributed by atoms with Gasteiger partial charge in [0.1, 0.15) is 17.4 Å². The SMILES string of the molecule is CC(C)C(=O)c1cc2cc(O[C@@H](C)CNS(C)=S)ccc2o1. The molecule has 2 aromatic rings. The van der Waals surface area contributed by atoms with Gasteiger partial charge in [-0.1, -0.05) is 23.5 Å². The van der Waals surface area contributed by atoms with Crippen LogP contribution in [0.1, 0.15) is 31.3 Å². The molecule has 2 rings (SSSR count). The van der Waals surface area contributed by atoms with Gasteiger partial charge in [0.15, 0.2) is 5.76 Å². The molecule has 120 valence electrons. The maximum atomic E-state index is 12.0. The Morgan fingerprint density at radius 3 is 2.73 bits per heavy atom. The first kappa shape index (κ1) is 17.1. The molecule has 1 heterocycles. The van der Waals surface area contributed by atoms with E-state index in [1.807, 2.05) is 45.2 Å². The van der Waals surface area contributed by atoms with Crippen molar-refractivity contribution < 1.29 is 13.9 Å². The first-order chi connectivity index (χ1) is 10.4. The number of rotatable bonds is 7. The van der Waals surface area contributed by atoms with Gasteiger partial charge in [0, 0.05) is 17.8 Å². The molecule has 0 aliphatic carbocycles. The van der Waals surface area contributed by atoms with Crippen molar-refractivity contribution in [1.29, 1.82) is 0 Å². The average molecular weight is 339 g/mol. The quantitative estimate of drug-likeness (QED) is 0.785. The van der Waals surface area contributed by atoms with Gasteiger partial charge in [-0.2, -0.15) is 0 Å². The number of nitrogens with one attached hydrogen (secondary N) is 1. The molecule has 6 heteroatoms. The third-order valence-corrected chi connectivity index (χ3v) is 4.09. The van der Waals surface area contributed by atoms with Crippen LogP contribution in [0.15, 0.2) is 28.7 Å². The highest BCUT2D eigenvalue weighted by Crippen LogP contribution is 2.26. The number of ketones is 1. The molecular formula is C16H21NO3S2. The van der Waals surface area contributed by atoms with Crippen LogP contribution in [0.5, 0.6) is 5.75 Å². The maximum absolute atomic E-state index is 12.0. The zero-order valence-electron chi connectivity index (χ0n) is 13.2. The minimum Gasteiger partial charge on any atom is -0.489 e. The first-order valence-electron chi connectivity index (χ1n) is 7.18. The Morgan fingerprint density at radius 1 is 1.36 bits per heavy atom. The third kappa shape index (κ3) is 4.38. The predicted octanol–water partition coefficient (Wildman–Crippen LogP) is 3.25. The maximum Gasteiger partial charge on any atom is 0.200 e. The van der Waals surface area contributed by atoms with E-state index >= 15 is 0 Å². The standard InChI is InChI=1S/C16H21NO3S2/c1-10(2)16(18)15-8-12-7-13(5-6-14(12)20-15)19-11(3)9-17-22(4)21/h5-8,10-11,17H,9H2,1-4H3/t11-,22?/m0/s1. The van der Waals surface area contributed by atoms with Crippen LogP contribution in [0, 0.1) is 5.92 Å². The van der Waals surface area contributed by atoms with Crippen LogP contribution in [0.4, 0.5) is 0 Å². The topological polar surface area (TPSA) is 51.5 Å². The van der Waals surface area contributed by atoms with E-state index in [1.54, 1.807) is 6.07 Å². The number of benzene rings is 1. The molecule has 1 aromatic carbocycles. The van der Waals surface area contributed by atoms with Crippen LogP contribution in [0.2, 0.25) is 0 Å². The van der Waals surface area contributed by atoms with Crippen molar-refractivity contribution >= 4 is 37.6 Å². The van der Waals surface area contributed by atoms with Crippen molar-refractivity contribution in [3.8, 4) is 5.75 Å². The summed E-state index contributed by atoms with van der Waals surface area (Å²) in [4.78, 5) is 12.0. The predicted molar refractivity (Wildman–Crippen MR) is 94.1 cm³/mol. The van der Waals surface area contributed by atoms with Gasteiger partial charge in [-0.25, -0.2) is 0 Å². The van der Waals surface area contributed by atoms with Gasteiger partial charge >= 0.3 is 0 Å². The van der Waals surface area contributed by atoms with Crippen LogP contribution in [0.3, 0.4) is 0 Å². The highest BCUT2D eigenvalue weighted by Gasteiger charge is 2.16. The lowest BCUT2D eigenvalue weighted by atomic mass is 10.1. The minimum absolute atomic E-state index is 0.0108. The lowest BCUT2D eigenvalue weighted by Gasteiger charge is -2.15. The summed E-state index contributed by atoms with van der Waals surface area (Å²) in [5.74, 6) is 1.09. The van der Waals surface area contributed by atoms with E-state index in [0.29, 0.717) is 17.9 Å². The summed E-state index contributed by atoms with van der Waals surface area (Å²) < 4.78 is 14.6. The second kappa shape index (κ2) is 7.35. The second-order valence-electron chi connectivity index (χ2n) is 5.56. The highest BCUT2D eigenvalue weighted by atomic mass is 32.8. The molecule has 22 heavy (non-hydrogen) atoms. The average Bonchev–Trinajstić information content (AvgIpc) is 2.87. The lowest BCUT2D eigenvalue weighted by Crippen LogP contribution is -2.29. The molecule has 4 nitrogen and oxygen atoms in total. The Morgan fingerprint density at radius 2 is 2.09 bits per heavy atom. The van der Waals surface area contributed by atoms with Crippen molar-refractivity contribution in [3.63, 3.8) is 0 Å². The number of hydrogen-bond donors (Lipinski definition) is 1. The zero-order valence-corrected chi connectivity index (χ0v) is 14.8. The molecule has 0 aliphatic rings. The van der Waals surface area contributed by atoms with Crippen LogP contribution in [0.25, 0.3) is 11.0 Å². The summed E-state index contributed by atoms with van der Waals surface area (Å²) in [7, 11) is -0.222.